The van der Waals surface area contributed by atoms with Gasteiger partial charge in [-0.3, -0.25) is 4.68 Å². The Morgan fingerprint density at radius 2 is 2.41 bits per heavy atom. The number of aryl methyl sites for hydroxylation is 2. The van der Waals surface area contributed by atoms with Crippen LogP contribution in [0.3, 0.4) is 0 Å². The van der Waals surface area contributed by atoms with E-state index in [9.17, 15) is 0 Å². The summed E-state index contributed by atoms with van der Waals surface area (Å²) in [5.41, 5.74) is 8.10. The third-order valence-electron chi connectivity index (χ3n) is 3.32. The molecule has 0 saturated carbocycles. The molecular weight excluding hydrogens is 238 g/mol. The monoisotopic (exact) mass is 257 g/mol. The molecule has 0 aromatic carbocycles. The summed E-state index contributed by atoms with van der Waals surface area (Å²) in [4.78, 5) is 0. The largest absolute Gasteiger partial charge is 0.377 e. The molecule has 1 aliphatic rings. The fourth-order valence-corrected chi connectivity index (χ4v) is 2.57. The molecule has 2 heterocycles. The van der Waals surface area contributed by atoms with E-state index in [0.717, 1.165) is 48.8 Å². The summed E-state index contributed by atoms with van der Waals surface area (Å²) in [5.74, 6) is 0. The predicted octanol–water partition coefficient (Wildman–Crippen LogP) is 1.91. The Kier molecular flexibility index (Phi) is 4.07. The number of hydrogen-bond donors (Lipinski definition) is 1. The zero-order valence-corrected chi connectivity index (χ0v) is 11.2. The Morgan fingerprint density at radius 3 is 3.00 bits per heavy atom. The van der Waals surface area contributed by atoms with E-state index in [0.29, 0.717) is 0 Å². The van der Waals surface area contributed by atoms with Gasteiger partial charge in [0.1, 0.15) is 0 Å². The number of halogens is 1. The maximum absolute atomic E-state index is 6.26. The Balaban J connectivity index is 2.11. The number of hydrogen-bond acceptors (Lipinski definition) is 3. The number of rotatable bonds is 4. The molecule has 0 aliphatic carbocycles. The molecule has 1 aromatic rings. The van der Waals surface area contributed by atoms with Gasteiger partial charge in [-0.2, -0.15) is 5.10 Å². The summed E-state index contributed by atoms with van der Waals surface area (Å²) in [6, 6.07) is 0.0106. The van der Waals surface area contributed by atoms with Gasteiger partial charge in [0.05, 0.1) is 22.5 Å². The first kappa shape index (κ1) is 12.9. The van der Waals surface area contributed by atoms with Crippen LogP contribution in [0.4, 0.5) is 0 Å². The van der Waals surface area contributed by atoms with Gasteiger partial charge in [0.2, 0.25) is 0 Å². The SMILES string of the molecule is CCn1nc(C)c(Cl)c1CC(N)C1CCCO1. The lowest BCUT2D eigenvalue weighted by Gasteiger charge is -2.19. The van der Waals surface area contributed by atoms with Crippen LogP contribution in [0.2, 0.25) is 5.02 Å². The molecule has 96 valence electrons. The van der Waals surface area contributed by atoms with Crippen LogP contribution < -0.4 is 5.73 Å². The summed E-state index contributed by atoms with van der Waals surface area (Å²) in [5, 5.41) is 5.15. The smallest absolute Gasteiger partial charge is 0.0847 e. The molecule has 0 spiro atoms. The lowest BCUT2D eigenvalue weighted by molar-refractivity contribution is 0.0894. The second kappa shape index (κ2) is 5.38. The Labute approximate surface area is 107 Å². The van der Waals surface area contributed by atoms with E-state index in [4.69, 9.17) is 22.1 Å². The zero-order valence-electron chi connectivity index (χ0n) is 10.4. The van der Waals surface area contributed by atoms with Crippen molar-refractivity contribution in [2.75, 3.05) is 6.61 Å². The van der Waals surface area contributed by atoms with Crippen LogP contribution in [0.5, 0.6) is 0 Å². The van der Waals surface area contributed by atoms with Crippen LogP contribution in [0.1, 0.15) is 31.2 Å². The highest BCUT2D eigenvalue weighted by Gasteiger charge is 2.25. The minimum Gasteiger partial charge on any atom is -0.377 e. The van der Waals surface area contributed by atoms with Crippen molar-refractivity contribution < 1.29 is 4.74 Å². The van der Waals surface area contributed by atoms with Gasteiger partial charge in [0, 0.05) is 25.6 Å². The maximum atomic E-state index is 6.26. The first-order valence-electron chi connectivity index (χ1n) is 6.22. The van der Waals surface area contributed by atoms with E-state index < -0.39 is 0 Å². The van der Waals surface area contributed by atoms with E-state index in [-0.39, 0.29) is 12.1 Å². The highest BCUT2D eigenvalue weighted by atomic mass is 35.5. The van der Waals surface area contributed by atoms with Crippen molar-refractivity contribution >= 4 is 11.6 Å². The number of ether oxygens (including phenoxy) is 1. The van der Waals surface area contributed by atoms with Crippen LogP contribution in [0, 0.1) is 6.92 Å². The highest BCUT2D eigenvalue weighted by molar-refractivity contribution is 6.31. The fourth-order valence-electron chi connectivity index (χ4n) is 2.36. The molecule has 2 rings (SSSR count). The van der Waals surface area contributed by atoms with Gasteiger partial charge in [-0.05, 0) is 26.7 Å². The molecule has 1 saturated heterocycles. The average Bonchev–Trinajstić information content (AvgIpc) is 2.92. The zero-order chi connectivity index (χ0) is 12.4. The highest BCUT2D eigenvalue weighted by Crippen LogP contribution is 2.24. The molecule has 2 unspecified atom stereocenters. The van der Waals surface area contributed by atoms with Gasteiger partial charge in [-0.15, -0.1) is 0 Å². The van der Waals surface area contributed by atoms with Crippen LogP contribution >= 0.6 is 11.6 Å². The molecule has 0 bridgehead atoms. The quantitative estimate of drug-likeness (QED) is 0.897. The minimum absolute atomic E-state index is 0.0106. The van der Waals surface area contributed by atoms with E-state index in [1.54, 1.807) is 0 Å². The van der Waals surface area contributed by atoms with Crippen LogP contribution in [0.25, 0.3) is 0 Å². The lowest BCUT2D eigenvalue weighted by Crippen LogP contribution is -2.36. The van der Waals surface area contributed by atoms with E-state index in [1.807, 2.05) is 11.6 Å². The predicted molar refractivity (Wildman–Crippen MR) is 68.3 cm³/mol. The van der Waals surface area contributed by atoms with E-state index in [1.165, 1.54) is 0 Å². The molecule has 1 fully saturated rings. The first-order valence-corrected chi connectivity index (χ1v) is 6.60. The molecule has 5 heteroatoms. The third-order valence-corrected chi connectivity index (χ3v) is 3.82. The van der Waals surface area contributed by atoms with Crippen molar-refractivity contribution in [3.05, 3.63) is 16.4 Å². The second-order valence-electron chi connectivity index (χ2n) is 4.58. The lowest BCUT2D eigenvalue weighted by atomic mass is 10.0. The minimum atomic E-state index is 0.0106. The average molecular weight is 258 g/mol. The summed E-state index contributed by atoms with van der Waals surface area (Å²) in [7, 11) is 0. The summed E-state index contributed by atoms with van der Waals surface area (Å²) in [6.45, 7) is 5.64. The molecule has 4 nitrogen and oxygen atoms in total. The van der Waals surface area contributed by atoms with Crippen LogP contribution in [-0.2, 0) is 17.7 Å². The molecule has 1 aliphatic heterocycles. The van der Waals surface area contributed by atoms with Gasteiger partial charge in [0.15, 0.2) is 0 Å². The molecule has 2 N–H and O–H groups in total. The summed E-state index contributed by atoms with van der Waals surface area (Å²) >= 11 is 6.26. The Morgan fingerprint density at radius 1 is 1.65 bits per heavy atom. The van der Waals surface area contributed by atoms with Crippen LogP contribution in [-0.4, -0.2) is 28.5 Å². The molecule has 2 atom stereocenters. The van der Waals surface area contributed by atoms with Gasteiger partial charge < -0.3 is 10.5 Å². The van der Waals surface area contributed by atoms with Crippen molar-refractivity contribution in [2.24, 2.45) is 5.73 Å². The molecule has 1 aromatic heterocycles. The van der Waals surface area contributed by atoms with Crippen molar-refractivity contribution in [1.29, 1.82) is 0 Å². The molecular formula is C12H20ClN3O. The van der Waals surface area contributed by atoms with Gasteiger partial charge in [-0.1, -0.05) is 11.6 Å². The third kappa shape index (κ3) is 2.64. The van der Waals surface area contributed by atoms with Gasteiger partial charge in [0.25, 0.3) is 0 Å². The van der Waals surface area contributed by atoms with Crippen LogP contribution in [0.15, 0.2) is 0 Å². The Bertz CT molecular complexity index is 385. The maximum Gasteiger partial charge on any atom is 0.0847 e. The van der Waals surface area contributed by atoms with E-state index >= 15 is 0 Å². The fraction of sp³-hybridized carbons (Fsp3) is 0.750. The van der Waals surface area contributed by atoms with Crippen molar-refractivity contribution in [1.82, 2.24) is 9.78 Å². The van der Waals surface area contributed by atoms with Gasteiger partial charge in [-0.25, -0.2) is 0 Å². The van der Waals surface area contributed by atoms with Crippen molar-refractivity contribution in [3.8, 4) is 0 Å². The topological polar surface area (TPSA) is 53.1 Å². The van der Waals surface area contributed by atoms with Crippen molar-refractivity contribution in [3.63, 3.8) is 0 Å². The number of nitrogens with two attached hydrogens (primary N) is 1. The second-order valence-corrected chi connectivity index (χ2v) is 4.96. The normalized spacial score (nSPS) is 22.0. The number of nitrogens with zero attached hydrogens (tertiary/aromatic N) is 2. The summed E-state index contributed by atoms with van der Waals surface area (Å²) < 4.78 is 7.55. The number of aromatic nitrogens is 2. The molecule has 0 amide bonds. The summed E-state index contributed by atoms with van der Waals surface area (Å²) in [6.07, 6.45) is 3.07. The molecule has 17 heavy (non-hydrogen) atoms. The first-order chi connectivity index (χ1) is 8.13. The van der Waals surface area contributed by atoms with E-state index in [2.05, 4.69) is 12.0 Å². The molecule has 0 radical (unpaired) electrons. The van der Waals surface area contributed by atoms with Gasteiger partial charge >= 0.3 is 0 Å². The Hall–Kier alpha value is -0.580. The standard InChI is InChI=1S/C12H20ClN3O/c1-3-16-10(12(13)8(2)15-16)7-9(14)11-5-4-6-17-11/h9,11H,3-7,14H2,1-2H3. The van der Waals surface area contributed by atoms with Crippen molar-refractivity contribution in [2.45, 2.75) is 51.8 Å².